The summed E-state index contributed by atoms with van der Waals surface area (Å²) >= 11 is 0. The molecule has 0 aliphatic carbocycles. The van der Waals surface area contributed by atoms with Crippen molar-refractivity contribution in [2.45, 2.75) is 39.4 Å². The number of benzene rings is 1. The molecule has 150 valence electrons. The van der Waals surface area contributed by atoms with E-state index in [0.717, 1.165) is 10.1 Å². The molecule has 0 N–H and O–H groups in total. The van der Waals surface area contributed by atoms with Crippen molar-refractivity contribution < 1.29 is 14.3 Å². The van der Waals surface area contributed by atoms with Gasteiger partial charge in [0.15, 0.2) is 11.5 Å². The van der Waals surface area contributed by atoms with Crippen molar-refractivity contribution in [1.29, 1.82) is 5.26 Å². The Bertz CT molecular complexity index is 1140. The van der Waals surface area contributed by atoms with Crippen molar-refractivity contribution in [3.63, 3.8) is 0 Å². The molecule has 0 saturated carbocycles. The highest BCUT2D eigenvalue weighted by Gasteiger charge is 2.25. The summed E-state index contributed by atoms with van der Waals surface area (Å²) in [6, 6.07) is 7.33. The number of ether oxygens (including phenoxy) is 2. The van der Waals surface area contributed by atoms with E-state index < -0.39 is 17.8 Å². The van der Waals surface area contributed by atoms with Crippen LogP contribution in [0, 0.1) is 11.3 Å². The molecular formula is C20H20N4O5. The third kappa shape index (κ3) is 3.27. The number of likely N-dealkylation sites (N-methyl/N-ethyl adjacent to an activating group) is 1. The molecule has 2 aliphatic heterocycles. The maximum Gasteiger partial charge on any atom is 0.331 e. The van der Waals surface area contributed by atoms with Crippen LogP contribution in [0.5, 0.6) is 11.5 Å². The summed E-state index contributed by atoms with van der Waals surface area (Å²) in [7, 11) is 0. The Morgan fingerprint density at radius 3 is 2.83 bits per heavy atom. The van der Waals surface area contributed by atoms with Crippen LogP contribution < -0.4 is 20.7 Å². The Hall–Kier alpha value is -3.54. The summed E-state index contributed by atoms with van der Waals surface area (Å²) in [6.45, 7) is 2.75. The minimum atomic E-state index is -0.696. The first-order chi connectivity index (χ1) is 14.0. The lowest BCUT2D eigenvalue weighted by Gasteiger charge is -2.22. The molecule has 0 spiro atoms. The third-order valence-electron chi connectivity index (χ3n) is 5.28. The second-order valence-corrected chi connectivity index (χ2v) is 6.96. The fourth-order valence-corrected chi connectivity index (χ4v) is 3.76. The zero-order valence-corrected chi connectivity index (χ0v) is 16.0. The molecule has 2 aliphatic rings. The lowest BCUT2D eigenvalue weighted by Crippen LogP contribution is -2.45. The minimum Gasteiger partial charge on any atom is -0.454 e. The second kappa shape index (κ2) is 7.47. The van der Waals surface area contributed by atoms with Gasteiger partial charge in [-0.2, -0.15) is 5.26 Å². The average molecular weight is 396 g/mol. The van der Waals surface area contributed by atoms with E-state index in [1.54, 1.807) is 11.0 Å². The van der Waals surface area contributed by atoms with Crippen LogP contribution in [-0.4, -0.2) is 33.3 Å². The van der Waals surface area contributed by atoms with Crippen molar-refractivity contribution in [3.05, 3.63) is 55.9 Å². The van der Waals surface area contributed by atoms with E-state index in [1.807, 2.05) is 25.1 Å². The van der Waals surface area contributed by atoms with Gasteiger partial charge in [0.2, 0.25) is 12.7 Å². The molecule has 4 rings (SSSR count). The van der Waals surface area contributed by atoms with Gasteiger partial charge in [0.25, 0.3) is 5.56 Å². The van der Waals surface area contributed by atoms with E-state index in [0.29, 0.717) is 49.7 Å². The van der Waals surface area contributed by atoms with Crippen molar-refractivity contribution in [2.24, 2.45) is 0 Å². The molecule has 0 unspecified atom stereocenters. The van der Waals surface area contributed by atoms with E-state index in [-0.39, 0.29) is 18.3 Å². The van der Waals surface area contributed by atoms with E-state index in [4.69, 9.17) is 9.47 Å². The number of aromatic nitrogens is 2. The summed E-state index contributed by atoms with van der Waals surface area (Å²) in [5.41, 5.74) is 0.0416. The smallest absolute Gasteiger partial charge is 0.331 e. The number of nitrogens with zero attached hydrogens (tertiary/aromatic N) is 4. The quantitative estimate of drug-likeness (QED) is 0.733. The van der Waals surface area contributed by atoms with Crippen LogP contribution in [0.4, 0.5) is 0 Å². The number of fused-ring (bicyclic) bond motifs is 2. The lowest BCUT2D eigenvalue weighted by atomic mass is 10.2. The van der Waals surface area contributed by atoms with Gasteiger partial charge < -0.3 is 14.4 Å². The number of nitriles is 1. The predicted molar refractivity (Wildman–Crippen MR) is 102 cm³/mol. The van der Waals surface area contributed by atoms with E-state index in [9.17, 15) is 19.6 Å². The topological polar surface area (TPSA) is 107 Å². The van der Waals surface area contributed by atoms with Crippen LogP contribution in [-0.2, 0) is 30.8 Å². The summed E-state index contributed by atoms with van der Waals surface area (Å²) in [6.07, 6.45) is 1.22. The summed E-state index contributed by atoms with van der Waals surface area (Å²) in [4.78, 5) is 39.8. The van der Waals surface area contributed by atoms with Gasteiger partial charge in [-0.25, -0.2) is 9.36 Å². The van der Waals surface area contributed by atoms with Crippen LogP contribution in [0.1, 0.15) is 30.2 Å². The molecule has 0 radical (unpaired) electrons. The Balaban J connectivity index is 1.59. The van der Waals surface area contributed by atoms with Crippen molar-refractivity contribution >= 4 is 5.91 Å². The fourth-order valence-electron chi connectivity index (χ4n) is 3.76. The highest BCUT2D eigenvalue weighted by Crippen LogP contribution is 2.32. The van der Waals surface area contributed by atoms with Crippen molar-refractivity contribution in [2.75, 3.05) is 13.3 Å². The van der Waals surface area contributed by atoms with Gasteiger partial charge in [0.05, 0.1) is 0 Å². The summed E-state index contributed by atoms with van der Waals surface area (Å²) in [5.74, 6) is 0.912. The van der Waals surface area contributed by atoms with E-state index in [1.165, 1.54) is 4.57 Å². The molecule has 9 heteroatoms. The monoisotopic (exact) mass is 396 g/mol. The van der Waals surface area contributed by atoms with Gasteiger partial charge in [-0.05, 0) is 37.5 Å². The largest absolute Gasteiger partial charge is 0.454 e. The minimum absolute atomic E-state index is 0.0475. The summed E-state index contributed by atoms with van der Waals surface area (Å²) in [5, 5.41) is 9.36. The molecular weight excluding hydrogens is 376 g/mol. The van der Waals surface area contributed by atoms with Gasteiger partial charge in [-0.3, -0.25) is 14.2 Å². The van der Waals surface area contributed by atoms with Gasteiger partial charge in [0, 0.05) is 25.3 Å². The second-order valence-electron chi connectivity index (χ2n) is 6.96. The highest BCUT2D eigenvalue weighted by molar-refractivity contribution is 5.76. The van der Waals surface area contributed by atoms with Crippen molar-refractivity contribution in [3.8, 4) is 17.6 Å². The fraction of sp³-hybridized carbons (Fsp3) is 0.400. The maximum atomic E-state index is 12.9. The number of carbonyl (C=O) groups excluding carboxylic acids is 1. The zero-order chi connectivity index (χ0) is 20.5. The standard InChI is InChI=1S/C20H20N4O5/c1-2-22(10-13-5-6-16-17(8-13)29-12-28-16)18(25)11-24-19(26)14(9-21)15-4-3-7-23(15)20(24)27/h5-6,8H,2-4,7,10-12H2,1H3. The number of amides is 1. The average Bonchev–Trinajstić information content (AvgIpc) is 3.38. The van der Waals surface area contributed by atoms with E-state index >= 15 is 0 Å². The SMILES string of the molecule is CCN(Cc1ccc2c(c1)OCO2)C(=O)Cn1c(=O)c(C#N)c2n(c1=O)CCC2. The third-order valence-corrected chi connectivity index (χ3v) is 5.28. The molecule has 2 aromatic rings. The first-order valence-corrected chi connectivity index (χ1v) is 9.46. The molecule has 0 saturated heterocycles. The Morgan fingerprint density at radius 1 is 1.28 bits per heavy atom. The number of carbonyl (C=O) groups is 1. The Kier molecular flexibility index (Phi) is 4.84. The van der Waals surface area contributed by atoms with Crippen LogP contribution in [0.15, 0.2) is 27.8 Å². The first kappa shape index (κ1) is 18.8. The maximum absolute atomic E-state index is 12.9. The summed E-state index contributed by atoms with van der Waals surface area (Å²) < 4.78 is 13.0. The lowest BCUT2D eigenvalue weighted by molar-refractivity contribution is -0.132. The molecule has 0 fully saturated rings. The van der Waals surface area contributed by atoms with Gasteiger partial charge in [-0.15, -0.1) is 0 Å². The first-order valence-electron chi connectivity index (χ1n) is 9.46. The molecule has 0 atom stereocenters. The van der Waals surface area contributed by atoms with Crippen LogP contribution in [0.25, 0.3) is 0 Å². The Morgan fingerprint density at radius 2 is 2.07 bits per heavy atom. The molecule has 1 amide bonds. The van der Waals surface area contributed by atoms with Crippen LogP contribution in [0.2, 0.25) is 0 Å². The Labute approximate surface area is 166 Å². The highest BCUT2D eigenvalue weighted by atomic mass is 16.7. The van der Waals surface area contributed by atoms with Crippen LogP contribution >= 0.6 is 0 Å². The molecule has 0 bridgehead atoms. The molecule has 1 aromatic heterocycles. The van der Waals surface area contributed by atoms with Gasteiger partial charge in [0.1, 0.15) is 18.2 Å². The van der Waals surface area contributed by atoms with E-state index in [2.05, 4.69) is 0 Å². The number of hydrogen-bond donors (Lipinski definition) is 0. The predicted octanol–water partition coefficient (Wildman–Crippen LogP) is 0.605. The number of rotatable bonds is 5. The molecule has 1 aromatic carbocycles. The van der Waals surface area contributed by atoms with Crippen molar-refractivity contribution in [1.82, 2.24) is 14.0 Å². The number of hydrogen-bond acceptors (Lipinski definition) is 6. The van der Waals surface area contributed by atoms with Crippen LogP contribution in [0.3, 0.4) is 0 Å². The van der Waals surface area contributed by atoms with Gasteiger partial charge in [-0.1, -0.05) is 6.07 Å². The zero-order valence-electron chi connectivity index (χ0n) is 16.0. The normalized spacial score (nSPS) is 13.8. The molecule has 29 heavy (non-hydrogen) atoms. The molecule has 9 nitrogen and oxygen atoms in total. The van der Waals surface area contributed by atoms with Gasteiger partial charge >= 0.3 is 5.69 Å². The molecule has 3 heterocycles.